The molecule has 6 nitrogen and oxygen atoms in total. The van der Waals surface area contributed by atoms with Gasteiger partial charge in [-0.25, -0.2) is 4.98 Å². The number of ether oxygens (including phenoxy) is 1. The highest BCUT2D eigenvalue weighted by Gasteiger charge is 2.16. The Balaban J connectivity index is 1.55. The Morgan fingerprint density at radius 1 is 1.30 bits per heavy atom. The summed E-state index contributed by atoms with van der Waals surface area (Å²) in [5.41, 5.74) is 2.31. The number of hydrogen-bond acceptors (Lipinski definition) is 4. The smallest absolute Gasteiger partial charge is 0.256 e. The highest BCUT2D eigenvalue weighted by molar-refractivity contribution is 5.76. The largest absolute Gasteiger partial charge is 0.376 e. The highest BCUT2D eigenvalue weighted by atomic mass is 16.5. The fraction of sp³-hybridized carbons (Fsp3) is 0.353. The zero-order chi connectivity index (χ0) is 16.1. The molecule has 0 radical (unpaired) electrons. The van der Waals surface area contributed by atoms with Crippen LogP contribution < -0.4 is 10.9 Å². The molecule has 0 saturated heterocycles. The van der Waals surface area contributed by atoms with Gasteiger partial charge >= 0.3 is 0 Å². The molecule has 0 atom stereocenters. The third kappa shape index (κ3) is 4.04. The van der Waals surface area contributed by atoms with Gasteiger partial charge in [0.1, 0.15) is 5.82 Å². The van der Waals surface area contributed by atoms with Gasteiger partial charge in [0.25, 0.3) is 5.56 Å². The van der Waals surface area contributed by atoms with Crippen LogP contribution in [0.15, 0.2) is 35.1 Å². The highest BCUT2D eigenvalue weighted by Crippen LogP contribution is 2.10. The number of aromatic nitrogens is 2. The third-order valence-corrected chi connectivity index (χ3v) is 3.82. The Bertz CT molecular complexity index is 740. The maximum atomic E-state index is 12.0. The van der Waals surface area contributed by atoms with Gasteiger partial charge in [-0.3, -0.25) is 9.59 Å². The molecule has 2 aromatic rings. The summed E-state index contributed by atoms with van der Waals surface area (Å²) >= 11 is 0. The molecule has 2 N–H and O–H groups in total. The molecule has 0 aliphatic carbocycles. The van der Waals surface area contributed by atoms with Crippen LogP contribution in [0.25, 0.3) is 0 Å². The Labute approximate surface area is 133 Å². The van der Waals surface area contributed by atoms with Gasteiger partial charge in [0.2, 0.25) is 5.91 Å². The molecular formula is C17H19N3O3. The van der Waals surface area contributed by atoms with Crippen LogP contribution in [0.5, 0.6) is 0 Å². The van der Waals surface area contributed by atoms with Crippen LogP contribution in [0, 0.1) is 0 Å². The van der Waals surface area contributed by atoms with Crippen molar-refractivity contribution in [3.8, 4) is 0 Å². The molecule has 1 aliphatic heterocycles. The normalized spacial score (nSPS) is 13.4. The second kappa shape index (κ2) is 7.19. The summed E-state index contributed by atoms with van der Waals surface area (Å²) in [5.74, 6) is 0.432. The lowest BCUT2D eigenvalue weighted by atomic mass is 10.1. The minimum atomic E-state index is -0.178. The van der Waals surface area contributed by atoms with E-state index in [2.05, 4.69) is 15.3 Å². The van der Waals surface area contributed by atoms with Gasteiger partial charge in [-0.15, -0.1) is 0 Å². The zero-order valence-corrected chi connectivity index (χ0v) is 12.8. The van der Waals surface area contributed by atoms with Gasteiger partial charge in [0.15, 0.2) is 0 Å². The first-order valence-electron chi connectivity index (χ1n) is 7.71. The fourth-order valence-electron chi connectivity index (χ4n) is 2.55. The molecule has 23 heavy (non-hydrogen) atoms. The van der Waals surface area contributed by atoms with Crippen LogP contribution in [-0.2, 0) is 35.5 Å². The molecule has 6 heteroatoms. The van der Waals surface area contributed by atoms with Gasteiger partial charge in [0, 0.05) is 12.8 Å². The molecule has 2 heterocycles. The van der Waals surface area contributed by atoms with Gasteiger partial charge in [-0.2, -0.15) is 0 Å². The minimum absolute atomic E-state index is 0.0578. The van der Waals surface area contributed by atoms with E-state index in [0.717, 1.165) is 11.3 Å². The van der Waals surface area contributed by atoms with Crippen LogP contribution in [0.2, 0.25) is 0 Å². The summed E-state index contributed by atoms with van der Waals surface area (Å²) in [6, 6.07) is 9.86. The van der Waals surface area contributed by atoms with Gasteiger partial charge in [-0.05, 0) is 12.0 Å². The average Bonchev–Trinajstić information content (AvgIpc) is 2.59. The SMILES string of the molecule is O=C(CCc1ccccc1)NCc1nc2c(c(=O)[nH]1)COCC2. The molecule has 0 unspecified atom stereocenters. The van der Waals surface area contributed by atoms with Crippen molar-refractivity contribution in [3.63, 3.8) is 0 Å². The summed E-state index contributed by atoms with van der Waals surface area (Å²) in [4.78, 5) is 31.0. The number of carbonyl (C=O) groups is 1. The zero-order valence-electron chi connectivity index (χ0n) is 12.8. The van der Waals surface area contributed by atoms with E-state index in [4.69, 9.17) is 4.74 Å². The van der Waals surface area contributed by atoms with E-state index in [1.807, 2.05) is 30.3 Å². The second-order valence-corrected chi connectivity index (χ2v) is 5.50. The monoisotopic (exact) mass is 313 g/mol. The number of carbonyl (C=O) groups excluding carboxylic acids is 1. The summed E-state index contributed by atoms with van der Waals surface area (Å²) in [7, 11) is 0. The van der Waals surface area contributed by atoms with Crippen molar-refractivity contribution in [2.45, 2.75) is 32.4 Å². The summed E-state index contributed by atoms with van der Waals surface area (Å²) < 4.78 is 5.26. The van der Waals surface area contributed by atoms with Crippen LogP contribution in [0.1, 0.15) is 29.1 Å². The van der Waals surface area contributed by atoms with Gasteiger partial charge < -0.3 is 15.0 Å². The van der Waals surface area contributed by atoms with Gasteiger partial charge in [0.05, 0.1) is 31.0 Å². The molecular weight excluding hydrogens is 294 g/mol. The third-order valence-electron chi connectivity index (χ3n) is 3.82. The standard InChI is InChI=1S/C17H19N3O3/c21-16(7-6-12-4-2-1-3-5-12)18-10-15-19-14-8-9-23-11-13(14)17(22)20-15/h1-5H,6-11H2,(H,18,21)(H,19,20,22). The predicted octanol–water partition coefficient (Wildman–Crippen LogP) is 1.09. The lowest BCUT2D eigenvalue weighted by Gasteiger charge is -2.15. The molecule has 1 aromatic heterocycles. The van der Waals surface area contributed by atoms with Crippen molar-refractivity contribution in [1.29, 1.82) is 0 Å². The fourth-order valence-corrected chi connectivity index (χ4v) is 2.55. The van der Waals surface area contributed by atoms with E-state index in [1.165, 1.54) is 0 Å². The molecule has 1 aliphatic rings. The number of aryl methyl sites for hydroxylation is 1. The Morgan fingerprint density at radius 3 is 2.96 bits per heavy atom. The molecule has 1 aromatic carbocycles. The van der Waals surface area contributed by atoms with Crippen LogP contribution >= 0.6 is 0 Å². The first kappa shape index (κ1) is 15.4. The van der Waals surface area contributed by atoms with E-state index >= 15 is 0 Å². The van der Waals surface area contributed by atoms with Crippen LogP contribution in [0.4, 0.5) is 0 Å². The average molecular weight is 313 g/mol. The minimum Gasteiger partial charge on any atom is -0.376 e. The summed E-state index contributed by atoms with van der Waals surface area (Å²) in [5, 5.41) is 2.80. The number of nitrogens with one attached hydrogen (secondary N) is 2. The van der Waals surface area contributed by atoms with Crippen LogP contribution in [-0.4, -0.2) is 22.5 Å². The number of amides is 1. The van der Waals surface area contributed by atoms with E-state index in [-0.39, 0.29) is 18.0 Å². The molecule has 120 valence electrons. The lowest BCUT2D eigenvalue weighted by Crippen LogP contribution is -2.29. The molecule has 1 amide bonds. The molecule has 0 saturated carbocycles. The number of H-pyrrole nitrogens is 1. The van der Waals surface area contributed by atoms with E-state index in [9.17, 15) is 9.59 Å². The van der Waals surface area contributed by atoms with Crippen LogP contribution in [0.3, 0.4) is 0 Å². The van der Waals surface area contributed by atoms with Crippen molar-refractivity contribution in [1.82, 2.24) is 15.3 Å². The number of fused-ring (bicyclic) bond motifs is 1. The predicted molar refractivity (Wildman–Crippen MR) is 84.8 cm³/mol. The topological polar surface area (TPSA) is 84.1 Å². The maximum Gasteiger partial charge on any atom is 0.256 e. The van der Waals surface area contributed by atoms with Crippen molar-refractivity contribution >= 4 is 5.91 Å². The summed E-state index contributed by atoms with van der Waals surface area (Å²) in [6.45, 7) is 1.12. The number of rotatable bonds is 5. The number of nitrogens with zero attached hydrogens (tertiary/aromatic N) is 1. The summed E-state index contributed by atoms with van der Waals surface area (Å²) in [6.07, 6.45) is 1.74. The molecule has 0 fully saturated rings. The molecule has 0 bridgehead atoms. The quantitative estimate of drug-likeness (QED) is 0.865. The molecule has 0 spiro atoms. The van der Waals surface area contributed by atoms with E-state index in [1.54, 1.807) is 0 Å². The number of aromatic amines is 1. The second-order valence-electron chi connectivity index (χ2n) is 5.50. The van der Waals surface area contributed by atoms with Crippen molar-refractivity contribution in [2.75, 3.05) is 6.61 Å². The maximum absolute atomic E-state index is 12.0. The van der Waals surface area contributed by atoms with Crippen molar-refractivity contribution in [3.05, 3.63) is 63.3 Å². The molecule has 3 rings (SSSR count). The van der Waals surface area contributed by atoms with Crippen molar-refractivity contribution < 1.29 is 9.53 Å². The first-order valence-corrected chi connectivity index (χ1v) is 7.71. The van der Waals surface area contributed by atoms with Gasteiger partial charge in [-0.1, -0.05) is 30.3 Å². The number of benzene rings is 1. The lowest BCUT2D eigenvalue weighted by molar-refractivity contribution is -0.121. The first-order chi connectivity index (χ1) is 11.2. The van der Waals surface area contributed by atoms with E-state index < -0.39 is 0 Å². The Hall–Kier alpha value is -2.47. The Morgan fingerprint density at radius 2 is 2.13 bits per heavy atom. The Kier molecular flexibility index (Phi) is 4.83. The number of hydrogen-bond donors (Lipinski definition) is 2. The van der Waals surface area contributed by atoms with Crippen molar-refractivity contribution in [2.24, 2.45) is 0 Å². The van der Waals surface area contributed by atoms with E-state index in [0.29, 0.717) is 43.9 Å².